The summed E-state index contributed by atoms with van der Waals surface area (Å²) >= 11 is 0. The van der Waals surface area contributed by atoms with Gasteiger partial charge in [0.2, 0.25) is 0 Å². The van der Waals surface area contributed by atoms with E-state index >= 15 is 0 Å². The Hall–Kier alpha value is -1.38. The maximum absolute atomic E-state index is 12.5. The van der Waals surface area contributed by atoms with Crippen LogP contribution in [0.1, 0.15) is 73.1 Å². The molecule has 2 rings (SSSR count). The molecule has 0 aliphatic heterocycles. The minimum atomic E-state index is -0.893. The van der Waals surface area contributed by atoms with E-state index in [0.29, 0.717) is 12.3 Å². The lowest BCUT2D eigenvalue weighted by Crippen LogP contribution is -2.47. The number of hydrogen-bond donors (Lipinski definition) is 1. The molecule has 0 aromatic carbocycles. The zero-order valence-corrected chi connectivity index (χ0v) is 15.2. The summed E-state index contributed by atoms with van der Waals surface area (Å²) in [6, 6.07) is 0. The fourth-order valence-corrected chi connectivity index (χ4v) is 5.00. The first-order valence-corrected chi connectivity index (χ1v) is 8.71. The SMILES string of the molecule is CC(=CC(=O)O)CCC1=C(C)C(=O)CC2C(C)(C)CCC[C@]12C. The van der Waals surface area contributed by atoms with Crippen LogP contribution in [-0.4, -0.2) is 16.9 Å². The largest absolute Gasteiger partial charge is 0.478 e. The summed E-state index contributed by atoms with van der Waals surface area (Å²) in [5, 5.41) is 8.88. The Labute approximate surface area is 139 Å². The number of carbonyl (C=O) groups is 2. The highest BCUT2D eigenvalue weighted by Gasteiger charge is 2.51. The molecule has 0 aromatic heterocycles. The van der Waals surface area contributed by atoms with E-state index in [1.54, 1.807) is 0 Å². The Morgan fingerprint density at radius 3 is 2.57 bits per heavy atom. The fourth-order valence-electron chi connectivity index (χ4n) is 5.00. The maximum Gasteiger partial charge on any atom is 0.328 e. The Morgan fingerprint density at radius 1 is 1.30 bits per heavy atom. The number of rotatable bonds is 4. The second kappa shape index (κ2) is 6.26. The predicted octanol–water partition coefficient (Wildman–Crippen LogP) is 4.92. The number of hydrogen-bond acceptors (Lipinski definition) is 2. The van der Waals surface area contributed by atoms with Gasteiger partial charge in [-0.1, -0.05) is 38.3 Å². The summed E-state index contributed by atoms with van der Waals surface area (Å²) in [5.41, 5.74) is 3.37. The van der Waals surface area contributed by atoms with Crippen molar-refractivity contribution in [2.75, 3.05) is 0 Å². The highest BCUT2D eigenvalue weighted by Crippen LogP contribution is 2.59. The van der Waals surface area contributed by atoms with Crippen LogP contribution in [0.2, 0.25) is 0 Å². The molecule has 0 bridgehead atoms. The quantitative estimate of drug-likeness (QED) is 0.749. The van der Waals surface area contributed by atoms with Crippen LogP contribution in [0, 0.1) is 16.7 Å². The number of carbonyl (C=O) groups excluding carboxylic acids is 1. The zero-order valence-electron chi connectivity index (χ0n) is 15.2. The average Bonchev–Trinajstić information content (AvgIpc) is 2.40. The van der Waals surface area contributed by atoms with E-state index in [9.17, 15) is 9.59 Å². The van der Waals surface area contributed by atoms with Gasteiger partial charge in [-0.3, -0.25) is 4.79 Å². The molecule has 2 aliphatic rings. The first kappa shape index (κ1) is 18.0. The second-order valence-corrected chi connectivity index (χ2v) is 8.37. The van der Waals surface area contributed by atoms with Crippen molar-refractivity contribution < 1.29 is 14.7 Å². The van der Waals surface area contributed by atoms with Crippen molar-refractivity contribution in [3.63, 3.8) is 0 Å². The predicted molar refractivity (Wildman–Crippen MR) is 92.2 cm³/mol. The van der Waals surface area contributed by atoms with Crippen LogP contribution in [0.25, 0.3) is 0 Å². The molecular weight excluding hydrogens is 288 g/mol. The molecule has 0 aromatic rings. The van der Waals surface area contributed by atoms with Gasteiger partial charge in [-0.15, -0.1) is 0 Å². The second-order valence-electron chi connectivity index (χ2n) is 8.37. The van der Waals surface area contributed by atoms with Gasteiger partial charge in [0.15, 0.2) is 5.78 Å². The Balaban J connectivity index is 2.33. The molecule has 1 N–H and O–H groups in total. The average molecular weight is 318 g/mol. The van der Waals surface area contributed by atoms with Crippen molar-refractivity contribution >= 4 is 11.8 Å². The van der Waals surface area contributed by atoms with Crippen LogP contribution in [0.4, 0.5) is 0 Å². The zero-order chi connectivity index (χ0) is 17.4. The molecule has 1 unspecified atom stereocenters. The van der Waals surface area contributed by atoms with Crippen molar-refractivity contribution in [2.24, 2.45) is 16.7 Å². The molecule has 2 aliphatic carbocycles. The van der Waals surface area contributed by atoms with Crippen LogP contribution < -0.4 is 0 Å². The first-order valence-electron chi connectivity index (χ1n) is 8.71. The minimum absolute atomic E-state index is 0.0866. The number of fused-ring (bicyclic) bond motifs is 1. The van der Waals surface area contributed by atoms with Crippen molar-refractivity contribution in [2.45, 2.75) is 73.1 Å². The van der Waals surface area contributed by atoms with Gasteiger partial charge in [-0.2, -0.15) is 0 Å². The topological polar surface area (TPSA) is 54.4 Å². The fraction of sp³-hybridized carbons (Fsp3) is 0.700. The van der Waals surface area contributed by atoms with E-state index in [0.717, 1.165) is 30.4 Å². The third kappa shape index (κ3) is 3.44. The first-order chi connectivity index (χ1) is 10.6. The van der Waals surface area contributed by atoms with Crippen molar-refractivity contribution in [3.8, 4) is 0 Å². The number of Topliss-reactive ketones (excluding diaryl/α,β-unsaturated/α-hetero) is 1. The highest BCUT2D eigenvalue weighted by atomic mass is 16.4. The van der Waals surface area contributed by atoms with E-state index < -0.39 is 5.97 Å². The van der Waals surface area contributed by atoms with Crippen LogP contribution in [0.3, 0.4) is 0 Å². The van der Waals surface area contributed by atoms with Crippen LogP contribution in [0.5, 0.6) is 0 Å². The number of allylic oxidation sites excluding steroid dienone is 3. The molecule has 0 saturated heterocycles. The van der Waals surface area contributed by atoms with Gasteiger partial charge in [-0.05, 0) is 61.9 Å². The van der Waals surface area contributed by atoms with Crippen LogP contribution in [-0.2, 0) is 9.59 Å². The lowest BCUT2D eigenvalue weighted by molar-refractivity contribution is -0.131. The van der Waals surface area contributed by atoms with Gasteiger partial charge in [0.1, 0.15) is 0 Å². The number of carboxylic acid groups (broad SMARTS) is 1. The molecule has 0 heterocycles. The Bertz CT molecular complexity index is 580. The van der Waals surface area contributed by atoms with E-state index in [4.69, 9.17) is 5.11 Å². The van der Waals surface area contributed by atoms with Gasteiger partial charge in [0.25, 0.3) is 0 Å². The summed E-state index contributed by atoms with van der Waals surface area (Å²) < 4.78 is 0. The van der Waals surface area contributed by atoms with Gasteiger partial charge in [0.05, 0.1) is 0 Å². The maximum atomic E-state index is 12.5. The molecular formula is C20H30O3. The highest BCUT2D eigenvalue weighted by molar-refractivity contribution is 5.97. The lowest BCUT2D eigenvalue weighted by atomic mass is 9.49. The van der Waals surface area contributed by atoms with Crippen LogP contribution >= 0.6 is 0 Å². The minimum Gasteiger partial charge on any atom is -0.478 e. The molecule has 1 fully saturated rings. The lowest BCUT2D eigenvalue weighted by Gasteiger charge is -2.54. The summed E-state index contributed by atoms with van der Waals surface area (Å²) in [4.78, 5) is 23.4. The molecule has 128 valence electrons. The van der Waals surface area contributed by atoms with E-state index in [-0.39, 0.29) is 16.6 Å². The Morgan fingerprint density at radius 2 is 1.96 bits per heavy atom. The normalized spacial score (nSPS) is 31.1. The standard InChI is InChI=1S/C20H30O3/c1-13(11-18(22)23)7-8-15-14(2)16(21)12-17-19(3,4)9-6-10-20(15,17)5/h11,17H,6-10,12H2,1-5H3,(H,22,23)/t17?,20-/m1/s1. The van der Waals surface area contributed by atoms with Gasteiger partial charge >= 0.3 is 5.97 Å². The van der Waals surface area contributed by atoms with E-state index in [1.807, 2.05) is 13.8 Å². The van der Waals surface area contributed by atoms with E-state index in [2.05, 4.69) is 20.8 Å². The molecule has 0 amide bonds. The molecule has 0 spiro atoms. The van der Waals surface area contributed by atoms with Crippen LogP contribution in [0.15, 0.2) is 22.8 Å². The van der Waals surface area contributed by atoms with Crippen molar-refractivity contribution in [1.82, 2.24) is 0 Å². The molecule has 23 heavy (non-hydrogen) atoms. The van der Waals surface area contributed by atoms with Gasteiger partial charge < -0.3 is 5.11 Å². The molecule has 3 heteroatoms. The molecule has 1 saturated carbocycles. The number of carboxylic acids is 1. The summed E-state index contributed by atoms with van der Waals surface area (Å²) in [6.07, 6.45) is 7.00. The molecule has 0 radical (unpaired) electrons. The smallest absolute Gasteiger partial charge is 0.328 e. The Kier molecular flexibility index (Phi) is 4.89. The summed E-state index contributed by atoms with van der Waals surface area (Å²) in [7, 11) is 0. The third-order valence-electron chi connectivity index (χ3n) is 6.32. The van der Waals surface area contributed by atoms with Crippen molar-refractivity contribution in [3.05, 3.63) is 22.8 Å². The van der Waals surface area contributed by atoms with Gasteiger partial charge in [-0.25, -0.2) is 4.79 Å². The van der Waals surface area contributed by atoms with E-state index in [1.165, 1.54) is 24.5 Å². The van der Waals surface area contributed by atoms with Crippen molar-refractivity contribution in [1.29, 1.82) is 0 Å². The molecule has 3 nitrogen and oxygen atoms in total. The summed E-state index contributed by atoms with van der Waals surface area (Å²) in [6.45, 7) is 10.8. The third-order valence-corrected chi connectivity index (χ3v) is 6.32. The van der Waals surface area contributed by atoms with Gasteiger partial charge in [0, 0.05) is 12.5 Å². The number of ketones is 1. The number of aliphatic carboxylic acids is 1. The monoisotopic (exact) mass is 318 g/mol. The molecule has 2 atom stereocenters. The summed E-state index contributed by atoms with van der Waals surface area (Å²) in [5.74, 6) is -0.202.